The molecule has 96 valence electrons. The Bertz CT molecular complexity index is 340. The number of piperidine rings is 1. The third-order valence-corrected chi connectivity index (χ3v) is 3.10. The molecule has 0 amide bonds. The van der Waals surface area contributed by atoms with Crippen LogP contribution in [0, 0.1) is 0 Å². The number of rotatable bonds is 5. The second-order valence-corrected chi connectivity index (χ2v) is 4.74. The molecule has 0 bridgehead atoms. The third kappa shape index (κ3) is 3.78. The quantitative estimate of drug-likeness (QED) is 0.840. The number of aryl methyl sites for hydroxylation is 1. The Morgan fingerprint density at radius 2 is 2.41 bits per heavy atom. The maximum Gasteiger partial charge on any atom is 0.240 e. The lowest BCUT2D eigenvalue weighted by atomic mass is 10.1. The summed E-state index contributed by atoms with van der Waals surface area (Å²) in [6.45, 7) is 4.53. The first kappa shape index (κ1) is 12.5. The molecule has 0 saturated carbocycles. The van der Waals surface area contributed by atoms with Crippen LogP contribution in [0.2, 0.25) is 0 Å². The van der Waals surface area contributed by atoms with E-state index in [2.05, 4.69) is 22.0 Å². The Morgan fingerprint density at radius 1 is 1.53 bits per heavy atom. The Labute approximate surface area is 102 Å². The van der Waals surface area contributed by atoms with Gasteiger partial charge in [0, 0.05) is 13.0 Å². The zero-order chi connectivity index (χ0) is 12.1. The van der Waals surface area contributed by atoms with Gasteiger partial charge < -0.3 is 9.63 Å². The number of aliphatic hydroxyl groups excluding tert-OH is 1. The van der Waals surface area contributed by atoms with Gasteiger partial charge >= 0.3 is 0 Å². The maximum absolute atomic E-state index is 9.57. The highest BCUT2D eigenvalue weighted by molar-refractivity contribution is 4.87. The van der Waals surface area contributed by atoms with Crippen LogP contribution in [0.4, 0.5) is 0 Å². The number of β-amino-alcohol motifs (C(OH)–C–C–N with tert-alkyl or cyclic N) is 1. The van der Waals surface area contributed by atoms with Gasteiger partial charge in [-0.05, 0) is 25.8 Å². The van der Waals surface area contributed by atoms with Crippen LogP contribution in [-0.4, -0.2) is 39.3 Å². The second kappa shape index (κ2) is 6.12. The van der Waals surface area contributed by atoms with Crippen molar-refractivity contribution in [3.8, 4) is 0 Å². The topological polar surface area (TPSA) is 62.4 Å². The predicted molar refractivity (Wildman–Crippen MR) is 63.4 cm³/mol. The molecule has 1 saturated heterocycles. The van der Waals surface area contributed by atoms with Crippen LogP contribution >= 0.6 is 0 Å². The van der Waals surface area contributed by atoms with Crippen LogP contribution in [0.15, 0.2) is 4.52 Å². The lowest BCUT2D eigenvalue weighted by Crippen LogP contribution is -2.37. The fourth-order valence-corrected chi connectivity index (χ4v) is 2.16. The molecule has 1 atom stereocenters. The molecular weight excluding hydrogens is 218 g/mol. The summed E-state index contributed by atoms with van der Waals surface area (Å²) in [5, 5.41) is 13.5. The molecule has 1 unspecified atom stereocenters. The third-order valence-electron chi connectivity index (χ3n) is 3.10. The van der Waals surface area contributed by atoms with Crippen LogP contribution in [0.1, 0.15) is 44.3 Å². The molecule has 0 aliphatic carbocycles. The number of likely N-dealkylation sites (tertiary alicyclic amines) is 1. The van der Waals surface area contributed by atoms with Gasteiger partial charge in [0.1, 0.15) is 0 Å². The summed E-state index contributed by atoms with van der Waals surface area (Å²) in [7, 11) is 0. The SMILES string of the molecule is CCCCc1noc(CN2CCCC(O)C2)n1. The molecule has 1 fully saturated rings. The van der Waals surface area contributed by atoms with Gasteiger partial charge in [0.05, 0.1) is 12.6 Å². The van der Waals surface area contributed by atoms with E-state index >= 15 is 0 Å². The summed E-state index contributed by atoms with van der Waals surface area (Å²) in [4.78, 5) is 6.54. The molecule has 17 heavy (non-hydrogen) atoms. The first-order valence-corrected chi connectivity index (χ1v) is 6.50. The van der Waals surface area contributed by atoms with Crippen LogP contribution < -0.4 is 0 Å². The molecule has 2 heterocycles. The van der Waals surface area contributed by atoms with Crippen molar-refractivity contribution in [3.63, 3.8) is 0 Å². The molecule has 1 aromatic rings. The summed E-state index contributed by atoms with van der Waals surface area (Å²) in [6.07, 6.45) is 4.87. The number of aromatic nitrogens is 2. The van der Waals surface area contributed by atoms with Gasteiger partial charge in [-0.15, -0.1) is 0 Å². The molecule has 0 aromatic carbocycles. The van der Waals surface area contributed by atoms with Crippen molar-refractivity contribution in [1.82, 2.24) is 15.0 Å². The van der Waals surface area contributed by atoms with Crippen LogP contribution in [-0.2, 0) is 13.0 Å². The van der Waals surface area contributed by atoms with Gasteiger partial charge in [-0.25, -0.2) is 0 Å². The van der Waals surface area contributed by atoms with Gasteiger partial charge in [0.15, 0.2) is 5.82 Å². The Balaban J connectivity index is 1.83. The van der Waals surface area contributed by atoms with Gasteiger partial charge in [-0.1, -0.05) is 18.5 Å². The molecule has 2 rings (SSSR count). The smallest absolute Gasteiger partial charge is 0.240 e. The highest BCUT2D eigenvalue weighted by atomic mass is 16.5. The molecule has 1 aliphatic rings. The number of hydrogen-bond acceptors (Lipinski definition) is 5. The van der Waals surface area contributed by atoms with E-state index < -0.39 is 0 Å². The van der Waals surface area contributed by atoms with Gasteiger partial charge in [0.2, 0.25) is 5.89 Å². The number of unbranched alkanes of at least 4 members (excludes halogenated alkanes) is 1. The first-order valence-electron chi connectivity index (χ1n) is 6.50. The van der Waals surface area contributed by atoms with E-state index in [9.17, 15) is 5.11 Å². The van der Waals surface area contributed by atoms with Crippen molar-refractivity contribution in [2.75, 3.05) is 13.1 Å². The van der Waals surface area contributed by atoms with E-state index in [0.29, 0.717) is 19.0 Å². The van der Waals surface area contributed by atoms with Gasteiger partial charge in [-0.2, -0.15) is 4.98 Å². The largest absolute Gasteiger partial charge is 0.392 e. The van der Waals surface area contributed by atoms with Crippen LogP contribution in [0.5, 0.6) is 0 Å². The fourth-order valence-electron chi connectivity index (χ4n) is 2.16. The van der Waals surface area contributed by atoms with E-state index in [-0.39, 0.29) is 6.10 Å². The number of nitrogens with zero attached hydrogens (tertiary/aromatic N) is 3. The minimum Gasteiger partial charge on any atom is -0.392 e. The van der Waals surface area contributed by atoms with Crippen molar-refractivity contribution < 1.29 is 9.63 Å². The van der Waals surface area contributed by atoms with E-state index in [1.807, 2.05) is 0 Å². The molecule has 5 nitrogen and oxygen atoms in total. The van der Waals surface area contributed by atoms with Crippen molar-refractivity contribution >= 4 is 0 Å². The Kier molecular flexibility index (Phi) is 4.50. The molecule has 5 heteroatoms. The zero-order valence-corrected chi connectivity index (χ0v) is 10.4. The van der Waals surface area contributed by atoms with Gasteiger partial charge in [-0.3, -0.25) is 4.90 Å². The second-order valence-electron chi connectivity index (χ2n) is 4.74. The normalized spacial score (nSPS) is 21.9. The summed E-state index contributed by atoms with van der Waals surface area (Å²) in [5.74, 6) is 1.48. The molecule has 0 spiro atoms. The molecule has 0 radical (unpaired) electrons. The fraction of sp³-hybridized carbons (Fsp3) is 0.833. The maximum atomic E-state index is 9.57. The summed E-state index contributed by atoms with van der Waals surface area (Å²) in [6, 6.07) is 0. The summed E-state index contributed by atoms with van der Waals surface area (Å²) >= 11 is 0. The van der Waals surface area contributed by atoms with Crippen molar-refractivity contribution in [2.45, 2.75) is 51.7 Å². The molecular formula is C12H21N3O2. The minimum absolute atomic E-state index is 0.203. The van der Waals surface area contributed by atoms with Gasteiger partial charge in [0.25, 0.3) is 0 Å². The Hall–Kier alpha value is -0.940. The summed E-state index contributed by atoms with van der Waals surface area (Å²) in [5.41, 5.74) is 0. The zero-order valence-electron chi connectivity index (χ0n) is 10.4. The van der Waals surface area contributed by atoms with E-state index in [0.717, 1.165) is 44.5 Å². The van der Waals surface area contributed by atoms with E-state index in [4.69, 9.17) is 4.52 Å². The minimum atomic E-state index is -0.203. The highest BCUT2D eigenvalue weighted by Crippen LogP contribution is 2.13. The van der Waals surface area contributed by atoms with Crippen LogP contribution in [0.25, 0.3) is 0 Å². The predicted octanol–water partition coefficient (Wildman–Crippen LogP) is 1.37. The average molecular weight is 239 g/mol. The summed E-state index contributed by atoms with van der Waals surface area (Å²) < 4.78 is 5.22. The standard InChI is InChI=1S/C12H21N3O2/c1-2-3-6-11-13-12(17-14-11)9-15-7-4-5-10(16)8-15/h10,16H,2-9H2,1H3. The Morgan fingerprint density at radius 3 is 3.18 bits per heavy atom. The molecule has 1 N–H and O–H groups in total. The lowest BCUT2D eigenvalue weighted by molar-refractivity contribution is 0.0613. The van der Waals surface area contributed by atoms with Crippen molar-refractivity contribution in [2.24, 2.45) is 0 Å². The number of hydrogen-bond donors (Lipinski definition) is 1. The van der Waals surface area contributed by atoms with E-state index in [1.165, 1.54) is 0 Å². The van der Waals surface area contributed by atoms with Crippen molar-refractivity contribution in [3.05, 3.63) is 11.7 Å². The first-order chi connectivity index (χ1) is 8.28. The average Bonchev–Trinajstić information content (AvgIpc) is 2.74. The van der Waals surface area contributed by atoms with E-state index in [1.54, 1.807) is 0 Å². The molecule has 1 aromatic heterocycles. The highest BCUT2D eigenvalue weighted by Gasteiger charge is 2.19. The number of aliphatic hydroxyl groups is 1. The van der Waals surface area contributed by atoms with Crippen molar-refractivity contribution in [1.29, 1.82) is 0 Å². The monoisotopic (exact) mass is 239 g/mol. The van der Waals surface area contributed by atoms with Crippen LogP contribution in [0.3, 0.4) is 0 Å². The molecule has 1 aliphatic heterocycles. The lowest BCUT2D eigenvalue weighted by Gasteiger charge is -2.28.